The number of halogens is 2. The number of hydrogen-bond acceptors (Lipinski definition) is 6. The van der Waals surface area contributed by atoms with Gasteiger partial charge in [0.25, 0.3) is 0 Å². The van der Waals surface area contributed by atoms with E-state index in [2.05, 4.69) is 74.9 Å². The molecule has 0 unspecified atom stereocenters. The lowest BCUT2D eigenvalue weighted by molar-refractivity contribution is -0.120. The van der Waals surface area contributed by atoms with Gasteiger partial charge in [0.15, 0.2) is 11.6 Å². The summed E-state index contributed by atoms with van der Waals surface area (Å²) < 4.78 is 8.76. The fraction of sp³-hybridized carbons (Fsp3) is 0.222. The summed E-state index contributed by atoms with van der Waals surface area (Å²) in [6.45, 7) is 4.16. The van der Waals surface area contributed by atoms with Crippen LogP contribution in [0.5, 0.6) is 0 Å². The highest BCUT2D eigenvalue weighted by Crippen LogP contribution is 2.33. The molecule has 0 spiro atoms. The summed E-state index contributed by atoms with van der Waals surface area (Å²) in [5.74, 6) is 0.994. The summed E-state index contributed by atoms with van der Waals surface area (Å²) >= 11 is 8.62. The first-order chi connectivity index (χ1) is 17.5. The van der Waals surface area contributed by atoms with Crippen molar-refractivity contribution in [3.05, 3.63) is 75.7 Å². The minimum atomic E-state index is 0.218. The molecule has 9 heteroatoms. The minimum Gasteiger partial charge on any atom is -0.344 e. The molecule has 5 aromatic rings. The molecule has 3 aromatic carbocycles. The van der Waals surface area contributed by atoms with E-state index in [-0.39, 0.29) is 5.78 Å². The van der Waals surface area contributed by atoms with Crippen LogP contribution in [0.15, 0.2) is 75.7 Å². The molecule has 6 rings (SSSR count). The average molecular weight is 625 g/mol. The van der Waals surface area contributed by atoms with Crippen LogP contribution in [0, 0.1) is 0 Å². The highest BCUT2D eigenvalue weighted by Gasteiger charge is 2.23. The molecule has 0 saturated carbocycles. The van der Waals surface area contributed by atoms with Crippen molar-refractivity contribution in [1.82, 2.24) is 18.8 Å². The summed E-state index contributed by atoms with van der Waals surface area (Å²) in [4.78, 5) is 22.5. The molecule has 0 amide bonds. The molecule has 1 fully saturated rings. The van der Waals surface area contributed by atoms with Crippen molar-refractivity contribution in [3.63, 3.8) is 0 Å². The quantitative estimate of drug-likeness (QED) is 0.224. The molecule has 1 saturated heterocycles. The van der Waals surface area contributed by atoms with Gasteiger partial charge in [-0.25, -0.2) is 0 Å². The highest BCUT2D eigenvalue weighted by molar-refractivity contribution is 9.10. The minimum absolute atomic E-state index is 0.218. The monoisotopic (exact) mass is 623 g/mol. The fourth-order valence-electron chi connectivity index (χ4n) is 4.84. The Morgan fingerprint density at radius 2 is 1.47 bits per heavy atom. The summed E-state index contributed by atoms with van der Waals surface area (Å²) in [5.41, 5.74) is 3.19. The first-order valence-corrected chi connectivity index (χ1v) is 14.2. The van der Waals surface area contributed by atoms with E-state index in [4.69, 9.17) is 4.98 Å². The molecule has 1 aliphatic rings. The standard InChI is InChI=1S/C27H23Br2N5OS/c28-19-6-8-24-22(14-19)23-15-20(29)7-9-25(23)34(24)17-21(35)16-32-10-12-33(13-11-32)27-30-26(31-36-27)18-4-2-1-3-5-18/h1-9,14-15H,10-13,16-17H2. The van der Waals surface area contributed by atoms with Gasteiger partial charge in [0.05, 0.1) is 13.1 Å². The van der Waals surface area contributed by atoms with Crippen LogP contribution in [-0.4, -0.2) is 57.3 Å². The molecule has 0 bridgehead atoms. The third kappa shape index (κ3) is 4.72. The second kappa shape index (κ2) is 10.0. The Balaban J connectivity index is 1.12. The molecule has 2 aromatic heterocycles. The van der Waals surface area contributed by atoms with Crippen LogP contribution in [0.2, 0.25) is 0 Å². The molecule has 36 heavy (non-hydrogen) atoms. The lowest BCUT2D eigenvalue weighted by atomic mass is 10.2. The average Bonchev–Trinajstić information content (AvgIpc) is 3.49. The van der Waals surface area contributed by atoms with Gasteiger partial charge < -0.3 is 9.47 Å². The first-order valence-electron chi connectivity index (χ1n) is 11.8. The zero-order valence-electron chi connectivity index (χ0n) is 19.4. The Hall–Kier alpha value is -2.59. The van der Waals surface area contributed by atoms with E-state index in [9.17, 15) is 4.79 Å². The number of hydrogen-bond donors (Lipinski definition) is 0. The van der Waals surface area contributed by atoms with Crippen molar-refractivity contribution < 1.29 is 4.79 Å². The van der Waals surface area contributed by atoms with Crippen LogP contribution >= 0.6 is 43.4 Å². The smallest absolute Gasteiger partial charge is 0.205 e. The number of piperazine rings is 1. The van der Waals surface area contributed by atoms with Gasteiger partial charge in [-0.1, -0.05) is 62.2 Å². The number of anilines is 1. The van der Waals surface area contributed by atoms with Crippen molar-refractivity contribution >= 4 is 76.1 Å². The molecule has 1 aliphatic heterocycles. The topological polar surface area (TPSA) is 54.3 Å². The SMILES string of the molecule is O=C(CN1CCN(c2nc(-c3ccccc3)ns2)CC1)Cn1c2ccc(Br)cc2c2cc(Br)ccc21. The number of nitrogens with zero attached hydrogens (tertiary/aromatic N) is 5. The molecular weight excluding hydrogens is 602 g/mol. The molecule has 0 N–H and O–H groups in total. The molecule has 6 nitrogen and oxygen atoms in total. The maximum atomic E-state index is 13.2. The number of Topliss-reactive ketones (excluding diaryl/α,β-unsaturated/α-hetero) is 1. The Kier molecular flexibility index (Phi) is 6.64. The van der Waals surface area contributed by atoms with Gasteiger partial charge in [0.2, 0.25) is 5.13 Å². The van der Waals surface area contributed by atoms with E-state index in [1.54, 1.807) is 0 Å². The second-order valence-electron chi connectivity index (χ2n) is 8.98. The van der Waals surface area contributed by atoms with Crippen LogP contribution in [0.4, 0.5) is 5.13 Å². The normalized spacial score (nSPS) is 14.7. The van der Waals surface area contributed by atoms with Crippen LogP contribution in [0.3, 0.4) is 0 Å². The van der Waals surface area contributed by atoms with Gasteiger partial charge in [-0.2, -0.15) is 9.36 Å². The predicted octanol–water partition coefficient (Wildman–Crippen LogP) is 6.23. The fourth-order valence-corrected chi connectivity index (χ4v) is 6.30. The lowest BCUT2D eigenvalue weighted by Crippen LogP contribution is -2.48. The van der Waals surface area contributed by atoms with E-state index in [1.807, 2.05) is 42.5 Å². The predicted molar refractivity (Wildman–Crippen MR) is 154 cm³/mol. The van der Waals surface area contributed by atoms with Gasteiger partial charge in [-0.3, -0.25) is 9.69 Å². The van der Waals surface area contributed by atoms with Crippen molar-refractivity contribution in [2.75, 3.05) is 37.6 Å². The zero-order valence-corrected chi connectivity index (χ0v) is 23.4. The van der Waals surface area contributed by atoms with E-state index in [0.717, 1.165) is 73.4 Å². The Labute approximate surface area is 230 Å². The molecular formula is C27H23Br2N5OS. The summed E-state index contributed by atoms with van der Waals surface area (Å²) in [5, 5.41) is 3.24. The molecule has 182 valence electrons. The number of fused-ring (bicyclic) bond motifs is 3. The third-order valence-electron chi connectivity index (χ3n) is 6.61. The number of rotatable bonds is 6. The Bertz CT molecular complexity index is 1500. The van der Waals surface area contributed by atoms with Gasteiger partial charge >= 0.3 is 0 Å². The lowest BCUT2D eigenvalue weighted by Gasteiger charge is -2.33. The van der Waals surface area contributed by atoms with E-state index in [1.165, 1.54) is 11.5 Å². The van der Waals surface area contributed by atoms with Gasteiger partial charge in [0, 0.05) is 74.0 Å². The van der Waals surface area contributed by atoms with Gasteiger partial charge in [-0.05, 0) is 36.4 Å². The van der Waals surface area contributed by atoms with Crippen molar-refractivity contribution in [2.45, 2.75) is 6.54 Å². The summed E-state index contributed by atoms with van der Waals surface area (Å²) in [6.07, 6.45) is 0. The Morgan fingerprint density at radius 1 is 0.833 bits per heavy atom. The third-order valence-corrected chi connectivity index (χ3v) is 8.38. The molecule has 3 heterocycles. The molecule has 0 radical (unpaired) electrons. The van der Waals surface area contributed by atoms with E-state index >= 15 is 0 Å². The molecule has 0 aliphatic carbocycles. The number of ketones is 1. The largest absolute Gasteiger partial charge is 0.344 e. The van der Waals surface area contributed by atoms with Crippen LogP contribution < -0.4 is 4.90 Å². The van der Waals surface area contributed by atoms with Crippen LogP contribution in [-0.2, 0) is 11.3 Å². The van der Waals surface area contributed by atoms with E-state index < -0.39 is 0 Å². The number of aromatic nitrogens is 3. The van der Waals surface area contributed by atoms with Crippen molar-refractivity contribution in [1.29, 1.82) is 0 Å². The second-order valence-corrected chi connectivity index (χ2v) is 11.5. The van der Waals surface area contributed by atoms with Crippen molar-refractivity contribution in [2.24, 2.45) is 0 Å². The number of carbonyl (C=O) groups is 1. The first kappa shape index (κ1) is 23.8. The summed E-state index contributed by atoms with van der Waals surface area (Å²) in [6, 6.07) is 22.6. The van der Waals surface area contributed by atoms with Crippen LogP contribution in [0.1, 0.15) is 0 Å². The molecule has 0 atom stereocenters. The van der Waals surface area contributed by atoms with Gasteiger partial charge in [0.1, 0.15) is 0 Å². The highest BCUT2D eigenvalue weighted by atomic mass is 79.9. The number of benzene rings is 3. The summed E-state index contributed by atoms with van der Waals surface area (Å²) in [7, 11) is 0. The van der Waals surface area contributed by atoms with Crippen molar-refractivity contribution in [3.8, 4) is 11.4 Å². The number of carbonyl (C=O) groups excluding carboxylic acids is 1. The zero-order chi connectivity index (χ0) is 24.6. The van der Waals surface area contributed by atoms with E-state index in [0.29, 0.717) is 13.1 Å². The maximum Gasteiger partial charge on any atom is 0.205 e. The maximum absolute atomic E-state index is 13.2. The Morgan fingerprint density at radius 3 is 2.11 bits per heavy atom. The van der Waals surface area contributed by atoms with Crippen LogP contribution in [0.25, 0.3) is 33.2 Å². The van der Waals surface area contributed by atoms with Gasteiger partial charge in [-0.15, -0.1) is 0 Å².